The lowest BCUT2D eigenvalue weighted by molar-refractivity contribution is 0.475. The molecule has 0 unspecified atom stereocenters. The number of hydrogen-bond acceptors (Lipinski definition) is 3. The fourth-order valence-corrected chi connectivity index (χ4v) is 3.37. The summed E-state index contributed by atoms with van der Waals surface area (Å²) < 4.78 is 1.49. The summed E-state index contributed by atoms with van der Waals surface area (Å²) in [6.07, 6.45) is 0. The van der Waals surface area contributed by atoms with E-state index < -0.39 is 0 Å². The number of nitrogens with zero attached hydrogens (tertiary/aromatic N) is 2. The maximum atomic E-state index is 13.3. The van der Waals surface area contributed by atoms with Crippen molar-refractivity contribution in [2.45, 2.75) is 0 Å². The van der Waals surface area contributed by atoms with Crippen LogP contribution in [-0.2, 0) is 0 Å². The second-order valence-corrected chi connectivity index (χ2v) is 6.59. The summed E-state index contributed by atoms with van der Waals surface area (Å²) in [5.74, 6) is 0.570. The molecular formula is C20H12Cl2N2O2. The van der Waals surface area contributed by atoms with E-state index in [2.05, 4.69) is 4.98 Å². The minimum Gasteiger partial charge on any atom is -0.508 e. The number of benzene rings is 3. The average Bonchev–Trinajstić information content (AvgIpc) is 2.64. The van der Waals surface area contributed by atoms with Crippen molar-refractivity contribution in [1.29, 1.82) is 0 Å². The quantitative estimate of drug-likeness (QED) is 0.526. The van der Waals surface area contributed by atoms with Crippen molar-refractivity contribution in [2.75, 3.05) is 0 Å². The smallest absolute Gasteiger partial charge is 0.266 e. The van der Waals surface area contributed by atoms with Crippen molar-refractivity contribution in [3.05, 3.63) is 87.1 Å². The molecule has 4 nitrogen and oxygen atoms in total. The molecular weight excluding hydrogens is 371 g/mol. The van der Waals surface area contributed by atoms with E-state index >= 15 is 0 Å². The van der Waals surface area contributed by atoms with Gasteiger partial charge >= 0.3 is 0 Å². The van der Waals surface area contributed by atoms with Gasteiger partial charge in [-0.1, -0.05) is 53.5 Å². The molecule has 1 N–H and O–H groups in total. The van der Waals surface area contributed by atoms with E-state index in [1.54, 1.807) is 24.3 Å². The molecule has 0 amide bonds. The van der Waals surface area contributed by atoms with Gasteiger partial charge < -0.3 is 5.11 Å². The van der Waals surface area contributed by atoms with Gasteiger partial charge in [-0.2, -0.15) is 0 Å². The molecule has 4 rings (SSSR count). The Bertz CT molecular complexity index is 1170. The minimum atomic E-state index is -0.288. The second-order valence-electron chi connectivity index (χ2n) is 5.74. The lowest BCUT2D eigenvalue weighted by atomic mass is 10.1. The molecule has 128 valence electrons. The van der Waals surface area contributed by atoms with E-state index in [4.69, 9.17) is 23.2 Å². The highest BCUT2D eigenvalue weighted by atomic mass is 35.5. The van der Waals surface area contributed by atoms with E-state index in [9.17, 15) is 9.90 Å². The molecule has 0 fully saturated rings. The first-order valence-electron chi connectivity index (χ1n) is 7.81. The van der Waals surface area contributed by atoms with Crippen molar-refractivity contribution in [3.8, 4) is 22.8 Å². The minimum absolute atomic E-state index is 0.114. The van der Waals surface area contributed by atoms with Crippen LogP contribution < -0.4 is 5.56 Å². The molecule has 0 saturated heterocycles. The van der Waals surface area contributed by atoms with Crippen LogP contribution in [0.2, 0.25) is 10.0 Å². The Kier molecular flexibility index (Phi) is 4.15. The van der Waals surface area contributed by atoms with E-state index in [0.717, 1.165) is 5.56 Å². The fourth-order valence-electron chi connectivity index (χ4n) is 2.84. The van der Waals surface area contributed by atoms with E-state index in [-0.39, 0.29) is 11.3 Å². The van der Waals surface area contributed by atoms with Crippen molar-refractivity contribution < 1.29 is 5.11 Å². The van der Waals surface area contributed by atoms with Gasteiger partial charge in [-0.15, -0.1) is 0 Å². The zero-order valence-corrected chi connectivity index (χ0v) is 14.9. The van der Waals surface area contributed by atoms with E-state index in [1.807, 2.05) is 30.3 Å². The molecule has 0 atom stereocenters. The third kappa shape index (κ3) is 2.83. The summed E-state index contributed by atoms with van der Waals surface area (Å²) in [5.41, 5.74) is 1.46. The first-order chi connectivity index (χ1) is 12.5. The van der Waals surface area contributed by atoms with Gasteiger partial charge in [0, 0.05) is 10.6 Å². The number of aromatic nitrogens is 2. The van der Waals surface area contributed by atoms with Gasteiger partial charge in [0.1, 0.15) is 11.6 Å². The molecule has 1 aromatic heterocycles. The first kappa shape index (κ1) is 16.6. The fraction of sp³-hybridized carbons (Fsp3) is 0. The molecule has 0 bridgehead atoms. The van der Waals surface area contributed by atoms with Gasteiger partial charge in [-0.3, -0.25) is 9.36 Å². The molecule has 0 aliphatic heterocycles. The number of fused-ring (bicyclic) bond motifs is 1. The van der Waals surface area contributed by atoms with Gasteiger partial charge in [0.15, 0.2) is 0 Å². The number of hydrogen-bond donors (Lipinski definition) is 1. The van der Waals surface area contributed by atoms with Gasteiger partial charge in [0.25, 0.3) is 5.56 Å². The summed E-state index contributed by atoms with van der Waals surface area (Å²) in [6.45, 7) is 0. The highest BCUT2D eigenvalue weighted by molar-refractivity contribution is 6.38. The Morgan fingerprint density at radius 1 is 0.923 bits per heavy atom. The largest absolute Gasteiger partial charge is 0.508 e. The highest BCUT2D eigenvalue weighted by Crippen LogP contribution is 2.28. The Morgan fingerprint density at radius 3 is 2.31 bits per heavy atom. The van der Waals surface area contributed by atoms with Crippen molar-refractivity contribution in [1.82, 2.24) is 9.55 Å². The van der Waals surface area contributed by atoms with Crippen LogP contribution in [0, 0.1) is 0 Å². The van der Waals surface area contributed by atoms with Crippen LogP contribution in [-0.4, -0.2) is 14.7 Å². The molecule has 0 saturated carbocycles. The van der Waals surface area contributed by atoms with Crippen LogP contribution in [0.25, 0.3) is 28.0 Å². The number of rotatable bonds is 2. The van der Waals surface area contributed by atoms with Crippen LogP contribution in [0.5, 0.6) is 5.75 Å². The third-order valence-electron chi connectivity index (χ3n) is 4.03. The maximum absolute atomic E-state index is 13.3. The monoisotopic (exact) mass is 382 g/mol. The number of halogens is 2. The second kappa shape index (κ2) is 6.48. The Balaban J connectivity index is 2.15. The van der Waals surface area contributed by atoms with Crippen molar-refractivity contribution >= 4 is 34.1 Å². The van der Waals surface area contributed by atoms with Gasteiger partial charge in [-0.25, -0.2) is 4.98 Å². The van der Waals surface area contributed by atoms with E-state index in [1.165, 1.54) is 16.7 Å². The topological polar surface area (TPSA) is 55.1 Å². The lowest BCUT2D eigenvalue weighted by Gasteiger charge is -2.14. The standard InChI is InChI=1S/C20H12Cl2N2O2/c21-13-10-16-18(17(22)11-13)23-19(12-4-2-1-3-5-12)24(20(16)26)14-6-8-15(25)9-7-14/h1-11,25H. The molecule has 6 heteroatoms. The Labute approximate surface area is 158 Å². The zero-order valence-electron chi connectivity index (χ0n) is 13.4. The molecule has 4 aromatic rings. The van der Waals surface area contributed by atoms with Crippen LogP contribution in [0.4, 0.5) is 0 Å². The van der Waals surface area contributed by atoms with Gasteiger partial charge in [-0.05, 0) is 36.4 Å². The SMILES string of the molecule is O=c1c2cc(Cl)cc(Cl)c2nc(-c2ccccc2)n1-c1ccc(O)cc1. The predicted molar refractivity (Wildman–Crippen MR) is 104 cm³/mol. The van der Waals surface area contributed by atoms with E-state index in [0.29, 0.717) is 32.5 Å². The molecule has 3 aromatic carbocycles. The summed E-state index contributed by atoms with van der Waals surface area (Å²) in [6, 6.07) is 18.8. The van der Waals surface area contributed by atoms with Crippen LogP contribution in [0.1, 0.15) is 0 Å². The number of phenols is 1. The van der Waals surface area contributed by atoms with Crippen LogP contribution in [0.15, 0.2) is 71.5 Å². The molecule has 0 spiro atoms. The third-order valence-corrected chi connectivity index (χ3v) is 4.54. The molecule has 1 heterocycles. The maximum Gasteiger partial charge on any atom is 0.266 e. The summed E-state index contributed by atoms with van der Waals surface area (Å²) in [5, 5.41) is 10.6. The number of phenolic OH excluding ortho intramolecular Hbond substituents is 1. The molecule has 26 heavy (non-hydrogen) atoms. The molecule has 0 aliphatic carbocycles. The Hall–Kier alpha value is -2.82. The molecule has 0 aliphatic rings. The summed E-state index contributed by atoms with van der Waals surface area (Å²) >= 11 is 12.4. The Morgan fingerprint density at radius 2 is 1.62 bits per heavy atom. The van der Waals surface area contributed by atoms with Crippen LogP contribution >= 0.6 is 23.2 Å². The number of aromatic hydroxyl groups is 1. The summed E-state index contributed by atoms with van der Waals surface area (Å²) in [7, 11) is 0. The lowest BCUT2D eigenvalue weighted by Crippen LogP contribution is -2.22. The van der Waals surface area contributed by atoms with Crippen LogP contribution in [0.3, 0.4) is 0 Å². The highest BCUT2D eigenvalue weighted by Gasteiger charge is 2.16. The van der Waals surface area contributed by atoms with Crippen molar-refractivity contribution in [2.24, 2.45) is 0 Å². The van der Waals surface area contributed by atoms with Gasteiger partial charge in [0.2, 0.25) is 0 Å². The first-order valence-corrected chi connectivity index (χ1v) is 8.57. The van der Waals surface area contributed by atoms with Crippen molar-refractivity contribution in [3.63, 3.8) is 0 Å². The molecule has 0 radical (unpaired) electrons. The zero-order chi connectivity index (χ0) is 18.3. The predicted octanol–water partition coefficient (Wildman–Crippen LogP) is 5.07. The normalized spacial score (nSPS) is 11.0. The van der Waals surface area contributed by atoms with Gasteiger partial charge in [0.05, 0.1) is 21.6 Å². The average molecular weight is 383 g/mol. The summed E-state index contributed by atoms with van der Waals surface area (Å²) in [4.78, 5) is 17.9.